The van der Waals surface area contributed by atoms with Gasteiger partial charge in [0.25, 0.3) is 5.78 Å². The lowest BCUT2D eigenvalue weighted by Crippen LogP contribution is -2.29. The van der Waals surface area contributed by atoms with Crippen molar-refractivity contribution in [2.24, 2.45) is 0 Å². The van der Waals surface area contributed by atoms with Crippen molar-refractivity contribution in [1.82, 2.24) is 4.98 Å². The fraction of sp³-hybridized carbons (Fsp3) is 0.240. The molecular formula is C25H24N2O5S. The van der Waals surface area contributed by atoms with Crippen LogP contribution in [0.15, 0.2) is 65.7 Å². The Morgan fingerprint density at radius 3 is 2.33 bits per heavy atom. The molecule has 1 N–H and O–H groups in total. The number of amides is 1. The van der Waals surface area contributed by atoms with Crippen molar-refractivity contribution in [2.45, 2.75) is 32.9 Å². The number of ether oxygens (including phenoxy) is 2. The minimum Gasteiger partial charge on any atom is -0.507 e. The van der Waals surface area contributed by atoms with Gasteiger partial charge in [-0.2, -0.15) is 0 Å². The van der Waals surface area contributed by atoms with Gasteiger partial charge in [-0.15, -0.1) is 11.3 Å². The van der Waals surface area contributed by atoms with E-state index in [1.807, 2.05) is 20.8 Å². The van der Waals surface area contributed by atoms with Crippen LogP contribution in [0.4, 0.5) is 5.13 Å². The Morgan fingerprint density at radius 2 is 1.76 bits per heavy atom. The zero-order chi connectivity index (χ0) is 23.5. The van der Waals surface area contributed by atoms with Gasteiger partial charge in [0.1, 0.15) is 17.3 Å². The van der Waals surface area contributed by atoms with Crippen LogP contribution in [-0.2, 0) is 9.59 Å². The Balaban J connectivity index is 1.81. The van der Waals surface area contributed by atoms with E-state index in [1.54, 1.807) is 60.1 Å². The van der Waals surface area contributed by atoms with E-state index in [9.17, 15) is 14.7 Å². The largest absolute Gasteiger partial charge is 0.507 e. The molecule has 0 bridgehead atoms. The predicted octanol–water partition coefficient (Wildman–Crippen LogP) is 4.96. The van der Waals surface area contributed by atoms with E-state index in [2.05, 4.69) is 4.98 Å². The minimum atomic E-state index is -0.821. The topological polar surface area (TPSA) is 89.0 Å². The van der Waals surface area contributed by atoms with Gasteiger partial charge in [0.15, 0.2) is 5.13 Å². The van der Waals surface area contributed by atoms with E-state index in [4.69, 9.17) is 9.47 Å². The molecule has 1 aromatic heterocycles. The number of anilines is 1. The predicted molar refractivity (Wildman–Crippen MR) is 127 cm³/mol. The van der Waals surface area contributed by atoms with E-state index >= 15 is 0 Å². The second-order valence-electron chi connectivity index (χ2n) is 7.68. The molecule has 170 valence electrons. The van der Waals surface area contributed by atoms with Gasteiger partial charge in [-0.05, 0) is 62.7 Å². The summed E-state index contributed by atoms with van der Waals surface area (Å²) >= 11 is 1.25. The van der Waals surface area contributed by atoms with Crippen molar-refractivity contribution < 1.29 is 24.2 Å². The molecule has 0 aliphatic carbocycles. The number of carbonyl (C=O) groups excluding carboxylic acids is 2. The van der Waals surface area contributed by atoms with Gasteiger partial charge in [0, 0.05) is 17.1 Å². The molecule has 7 nitrogen and oxygen atoms in total. The first-order chi connectivity index (χ1) is 15.9. The number of aliphatic hydroxyl groups is 1. The summed E-state index contributed by atoms with van der Waals surface area (Å²) in [5.74, 6) is -0.419. The van der Waals surface area contributed by atoms with Crippen LogP contribution in [0.5, 0.6) is 11.5 Å². The highest BCUT2D eigenvalue weighted by molar-refractivity contribution is 7.14. The molecule has 2 aromatic carbocycles. The Kier molecular flexibility index (Phi) is 6.46. The van der Waals surface area contributed by atoms with Crippen LogP contribution in [0.25, 0.3) is 5.76 Å². The highest BCUT2D eigenvalue weighted by atomic mass is 32.1. The molecule has 1 amide bonds. The summed E-state index contributed by atoms with van der Waals surface area (Å²) in [4.78, 5) is 31.7. The Bertz CT molecular complexity index is 1170. The first-order valence-electron chi connectivity index (χ1n) is 10.6. The maximum absolute atomic E-state index is 13.1. The van der Waals surface area contributed by atoms with E-state index in [-0.39, 0.29) is 17.4 Å². The molecule has 0 spiro atoms. The zero-order valence-electron chi connectivity index (χ0n) is 18.5. The van der Waals surface area contributed by atoms with Gasteiger partial charge in [-0.1, -0.05) is 12.1 Å². The SMILES string of the molecule is CCOc1ccc([C@H]2/C(=C(\O)c3ccc(OC(C)C)cc3)C(=O)C(=O)N2c2nccs2)cc1. The van der Waals surface area contributed by atoms with Gasteiger partial charge in [0.2, 0.25) is 0 Å². The van der Waals surface area contributed by atoms with E-state index in [0.29, 0.717) is 34.4 Å². The van der Waals surface area contributed by atoms with Crippen LogP contribution in [0.1, 0.15) is 37.9 Å². The van der Waals surface area contributed by atoms with Gasteiger partial charge < -0.3 is 14.6 Å². The third kappa shape index (κ3) is 4.47. The maximum atomic E-state index is 13.1. The number of carbonyl (C=O) groups is 2. The lowest BCUT2D eigenvalue weighted by Gasteiger charge is -2.23. The molecule has 3 aromatic rings. The van der Waals surface area contributed by atoms with Crippen LogP contribution in [-0.4, -0.2) is 34.5 Å². The first-order valence-corrected chi connectivity index (χ1v) is 11.5. The first kappa shape index (κ1) is 22.5. The number of aromatic nitrogens is 1. The average Bonchev–Trinajstić information content (AvgIpc) is 3.41. The van der Waals surface area contributed by atoms with Crippen LogP contribution in [0.3, 0.4) is 0 Å². The van der Waals surface area contributed by atoms with Gasteiger partial charge in [0.05, 0.1) is 24.3 Å². The highest BCUT2D eigenvalue weighted by Crippen LogP contribution is 2.43. The summed E-state index contributed by atoms with van der Waals surface area (Å²) < 4.78 is 11.2. The van der Waals surface area contributed by atoms with E-state index in [1.165, 1.54) is 16.2 Å². The average molecular weight is 465 g/mol. The zero-order valence-corrected chi connectivity index (χ0v) is 19.3. The molecule has 1 atom stereocenters. The number of rotatable bonds is 7. The number of nitrogens with zero attached hydrogens (tertiary/aromatic N) is 2. The van der Waals surface area contributed by atoms with Crippen molar-refractivity contribution in [3.05, 3.63) is 76.8 Å². The quantitative estimate of drug-likeness (QED) is 0.302. The molecule has 0 saturated carbocycles. The molecule has 1 fully saturated rings. The minimum absolute atomic E-state index is 0.00715. The molecule has 2 heterocycles. The van der Waals surface area contributed by atoms with Crippen LogP contribution < -0.4 is 14.4 Å². The monoisotopic (exact) mass is 464 g/mol. The summed E-state index contributed by atoms with van der Waals surface area (Å²) in [6.45, 7) is 6.26. The Morgan fingerprint density at radius 1 is 1.09 bits per heavy atom. The van der Waals surface area contributed by atoms with Crippen LogP contribution in [0.2, 0.25) is 0 Å². The number of hydrogen-bond acceptors (Lipinski definition) is 7. The summed E-state index contributed by atoms with van der Waals surface area (Å²) in [7, 11) is 0. The van der Waals surface area contributed by atoms with Gasteiger partial charge >= 0.3 is 5.91 Å². The summed E-state index contributed by atoms with van der Waals surface area (Å²) in [6, 6.07) is 13.1. The summed E-state index contributed by atoms with van der Waals surface area (Å²) in [5, 5.41) is 13.3. The number of thiazole rings is 1. The van der Waals surface area contributed by atoms with Gasteiger partial charge in [-0.25, -0.2) is 4.98 Å². The smallest absolute Gasteiger partial charge is 0.301 e. The molecule has 0 unspecified atom stereocenters. The van der Waals surface area contributed by atoms with Crippen molar-refractivity contribution in [1.29, 1.82) is 0 Å². The number of hydrogen-bond donors (Lipinski definition) is 1. The fourth-order valence-electron chi connectivity index (χ4n) is 3.71. The Labute approximate surface area is 195 Å². The second kappa shape index (κ2) is 9.46. The molecule has 4 rings (SSSR count). The maximum Gasteiger partial charge on any atom is 0.301 e. The summed E-state index contributed by atoms with van der Waals surface area (Å²) in [6.07, 6.45) is 1.58. The molecular weight excluding hydrogens is 440 g/mol. The fourth-order valence-corrected chi connectivity index (χ4v) is 4.38. The lowest BCUT2D eigenvalue weighted by molar-refractivity contribution is -0.132. The van der Waals surface area contributed by atoms with E-state index < -0.39 is 17.7 Å². The number of aliphatic hydroxyl groups excluding tert-OH is 1. The molecule has 8 heteroatoms. The van der Waals surface area contributed by atoms with Crippen molar-refractivity contribution in [3.63, 3.8) is 0 Å². The third-order valence-electron chi connectivity index (χ3n) is 5.08. The standard InChI is InChI=1S/C25H24N2O5S/c1-4-31-18-9-5-16(6-10-18)21-20(23(29)24(30)27(21)25-26-13-14-33-25)22(28)17-7-11-19(12-8-17)32-15(2)3/h5-15,21,28H,4H2,1-3H3/b22-20+/t21-/m0/s1. The van der Waals surface area contributed by atoms with Crippen LogP contribution in [0, 0.1) is 0 Å². The van der Waals surface area contributed by atoms with Crippen molar-refractivity contribution >= 4 is 33.9 Å². The molecule has 0 radical (unpaired) electrons. The highest BCUT2D eigenvalue weighted by Gasteiger charge is 2.47. The molecule has 33 heavy (non-hydrogen) atoms. The molecule has 1 saturated heterocycles. The van der Waals surface area contributed by atoms with E-state index in [0.717, 1.165) is 0 Å². The molecule has 1 aliphatic heterocycles. The number of Topliss-reactive ketones (excluding diaryl/α,β-unsaturated/α-hetero) is 1. The molecule has 1 aliphatic rings. The summed E-state index contributed by atoms with van der Waals surface area (Å²) in [5.41, 5.74) is 1.09. The Hall–Kier alpha value is -3.65. The van der Waals surface area contributed by atoms with Crippen molar-refractivity contribution in [3.8, 4) is 11.5 Å². The van der Waals surface area contributed by atoms with Crippen LogP contribution >= 0.6 is 11.3 Å². The van der Waals surface area contributed by atoms with Crippen molar-refractivity contribution in [2.75, 3.05) is 11.5 Å². The number of benzene rings is 2. The number of ketones is 1. The second-order valence-corrected chi connectivity index (χ2v) is 8.55. The van der Waals surface area contributed by atoms with Gasteiger partial charge in [-0.3, -0.25) is 14.5 Å². The lowest BCUT2D eigenvalue weighted by atomic mass is 9.95. The third-order valence-corrected chi connectivity index (χ3v) is 5.85. The normalized spacial score (nSPS) is 17.6.